The number of hydrogen-bond acceptors (Lipinski definition) is 7. The molecule has 4 aromatic heterocycles. The molecule has 0 bridgehead atoms. The molecule has 4 aromatic rings. The van der Waals surface area contributed by atoms with E-state index in [4.69, 9.17) is 5.11 Å². The molecule has 1 N–H and O–H groups in total. The zero-order chi connectivity index (χ0) is 17.7. The Bertz CT molecular complexity index is 1110. The van der Waals surface area contributed by atoms with Crippen molar-refractivity contribution in [3.8, 4) is 5.69 Å². The van der Waals surface area contributed by atoms with E-state index in [-0.39, 0.29) is 5.69 Å². The average Bonchev–Trinajstić information content (AvgIpc) is 3.03. The number of pyridine rings is 1. The fourth-order valence-corrected chi connectivity index (χ4v) is 2.95. The van der Waals surface area contributed by atoms with Crippen molar-refractivity contribution in [1.29, 1.82) is 0 Å². The lowest BCUT2D eigenvalue weighted by molar-refractivity contribution is 0.0690. The highest BCUT2D eigenvalue weighted by atomic mass is 16.4. The topological polar surface area (TPSA) is 129 Å². The first-order valence-corrected chi connectivity index (χ1v) is 8.06. The van der Waals surface area contributed by atoms with E-state index in [1.165, 1.54) is 35.6 Å². The molecule has 11 nitrogen and oxygen atoms in total. The van der Waals surface area contributed by atoms with Crippen molar-refractivity contribution < 1.29 is 9.90 Å². The minimum absolute atomic E-state index is 0.0980. The van der Waals surface area contributed by atoms with Gasteiger partial charge in [-0.15, -0.1) is 10.2 Å². The molecule has 11 heteroatoms. The molecule has 0 amide bonds. The third-order valence-electron chi connectivity index (χ3n) is 4.33. The maximum Gasteiger partial charge on any atom is 0.358 e. The molecule has 0 spiro atoms. The molecular weight excluding hydrogens is 338 g/mol. The summed E-state index contributed by atoms with van der Waals surface area (Å²) in [6, 6.07) is 2.07. The van der Waals surface area contributed by atoms with Crippen molar-refractivity contribution in [2.45, 2.75) is 25.3 Å². The molecule has 1 aliphatic carbocycles. The number of carbonyl (C=O) groups is 1. The van der Waals surface area contributed by atoms with Crippen LogP contribution in [0.2, 0.25) is 0 Å². The third kappa shape index (κ3) is 2.49. The summed E-state index contributed by atoms with van der Waals surface area (Å²) < 4.78 is 4.99. The quantitative estimate of drug-likeness (QED) is 0.551. The maximum absolute atomic E-state index is 10.9. The molecule has 0 unspecified atom stereocenters. The van der Waals surface area contributed by atoms with Gasteiger partial charge < -0.3 is 9.51 Å². The first-order chi connectivity index (χ1) is 12.7. The molecule has 5 rings (SSSR count). The summed E-state index contributed by atoms with van der Waals surface area (Å²) in [6.45, 7) is 0.315. The molecule has 0 saturated heterocycles. The van der Waals surface area contributed by atoms with Crippen LogP contribution in [0.25, 0.3) is 11.3 Å². The highest BCUT2D eigenvalue weighted by molar-refractivity contribution is 5.84. The van der Waals surface area contributed by atoms with Crippen LogP contribution in [0.5, 0.6) is 0 Å². The van der Waals surface area contributed by atoms with E-state index < -0.39 is 5.97 Å². The molecule has 0 aliphatic heterocycles. The van der Waals surface area contributed by atoms with E-state index in [0.29, 0.717) is 12.5 Å². The second-order valence-electron chi connectivity index (χ2n) is 6.26. The Morgan fingerprint density at radius 1 is 1.23 bits per heavy atom. The lowest BCUT2D eigenvalue weighted by Gasteiger charge is -2.06. The van der Waals surface area contributed by atoms with Crippen LogP contribution in [-0.2, 0) is 6.54 Å². The average molecular weight is 351 g/mol. The SMILES string of the molecule is O=C(O)c1cn(Cc2cn3cc(C4CC4)cc(-n4cnnn4)c3n2)nn1. The van der Waals surface area contributed by atoms with E-state index >= 15 is 0 Å². The molecule has 1 saturated carbocycles. The van der Waals surface area contributed by atoms with Crippen LogP contribution in [0.1, 0.15) is 40.5 Å². The molecule has 1 aliphatic rings. The predicted molar refractivity (Wildman–Crippen MR) is 86.0 cm³/mol. The molecule has 130 valence electrons. The van der Waals surface area contributed by atoms with E-state index in [2.05, 4.69) is 43.1 Å². The molecule has 0 atom stereocenters. The number of tetrazole rings is 1. The Morgan fingerprint density at radius 2 is 2.12 bits per heavy atom. The van der Waals surface area contributed by atoms with Gasteiger partial charge in [-0.2, -0.15) is 4.68 Å². The first kappa shape index (κ1) is 14.7. The van der Waals surface area contributed by atoms with Gasteiger partial charge in [0.1, 0.15) is 12.0 Å². The van der Waals surface area contributed by atoms with E-state index in [1.807, 2.05) is 10.6 Å². The summed E-state index contributed by atoms with van der Waals surface area (Å²) in [5.41, 5.74) is 3.37. The molecule has 0 radical (unpaired) electrons. The monoisotopic (exact) mass is 351 g/mol. The zero-order valence-electron chi connectivity index (χ0n) is 13.5. The molecule has 0 aromatic carbocycles. The number of carboxylic acids is 1. The number of imidazole rings is 1. The lowest BCUT2D eigenvalue weighted by atomic mass is 10.2. The van der Waals surface area contributed by atoms with Gasteiger partial charge in [-0.05, 0) is 40.8 Å². The van der Waals surface area contributed by atoms with Gasteiger partial charge in [0.15, 0.2) is 11.3 Å². The summed E-state index contributed by atoms with van der Waals surface area (Å²) in [5.74, 6) is -0.546. The highest BCUT2D eigenvalue weighted by Crippen LogP contribution is 2.40. The summed E-state index contributed by atoms with van der Waals surface area (Å²) in [7, 11) is 0. The Labute approximate surface area is 145 Å². The van der Waals surface area contributed by atoms with Crippen LogP contribution in [0, 0.1) is 0 Å². The van der Waals surface area contributed by atoms with E-state index in [9.17, 15) is 4.79 Å². The minimum Gasteiger partial charge on any atom is -0.476 e. The number of fused-ring (bicyclic) bond motifs is 1. The fourth-order valence-electron chi connectivity index (χ4n) is 2.95. The van der Waals surface area contributed by atoms with Crippen LogP contribution in [0.15, 0.2) is 31.0 Å². The standard InChI is InChI=1S/C15H13N9O2/c25-15(26)12-7-23(20-18-12)6-11-5-22-4-10(9-1-2-9)3-13(14(22)17-11)24-8-16-19-21-24/h3-5,7-9H,1-2,6H2,(H,25,26). The molecule has 1 fully saturated rings. The minimum atomic E-state index is -1.11. The largest absolute Gasteiger partial charge is 0.476 e. The fraction of sp³-hybridized carbons (Fsp3) is 0.267. The predicted octanol–water partition coefficient (Wildman–Crippen LogP) is 0.525. The van der Waals surface area contributed by atoms with Gasteiger partial charge in [0.25, 0.3) is 0 Å². The molecule has 26 heavy (non-hydrogen) atoms. The first-order valence-electron chi connectivity index (χ1n) is 8.06. The lowest BCUT2D eigenvalue weighted by Crippen LogP contribution is -2.02. The zero-order valence-corrected chi connectivity index (χ0v) is 13.5. The Kier molecular flexibility index (Phi) is 3.07. The third-order valence-corrected chi connectivity index (χ3v) is 4.33. The number of hydrogen-bond donors (Lipinski definition) is 1. The Morgan fingerprint density at radius 3 is 2.81 bits per heavy atom. The van der Waals surface area contributed by atoms with Gasteiger partial charge in [0, 0.05) is 12.4 Å². The normalized spacial score (nSPS) is 14.2. The maximum atomic E-state index is 10.9. The van der Waals surface area contributed by atoms with Crippen molar-refractivity contribution in [2.24, 2.45) is 0 Å². The Hall–Kier alpha value is -3.63. The smallest absolute Gasteiger partial charge is 0.358 e. The second-order valence-corrected chi connectivity index (χ2v) is 6.26. The van der Waals surface area contributed by atoms with Crippen molar-refractivity contribution >= 4 is 11.6 Å². The van der Waals surface area contributed by atoms with Crippen molar-refractivity contribution in [2.75, 3.05) is 0 Å². The molecule has 4 heterocycles. The van der Waals surface area contributed by atoms with Gasteiger partial charge in [-0.25, -0.2) is 14.5 Å². The van der Waals surface area contributed by atoms with Crippen molar-refractivity contribution in [1.82, 2.24) is 44.6 Å². The van der Waals surface area contributed by atoms with Gasteiger partial charge in [0.2, 0.25) is 0 Å². The second kappa shape index (κ2) is 5.44. The van der Waals surface area contributed by atoms with E-state index in [1.54, 1.807) is 4.68 Å². The van der Waals surface area contributed by atoms with Gasteiger partial charge in [-0.1, -0.05) is 5.21 Å². The van der Waals surface area contributed by atoms with Crippen molar-refractivity contribution in [3.63, 3.8) is 0 Å². The van der Waals surface area contributed by atoms with Gasteiger partial charge >= 0.3 is 5.97 Å². The highest BCUT2D eigenvalue weighted by Gasteiger charge is 2.25. The van der Waals surface area contributed by atoms with E-state index in [0.717, 1.165) is 17.0 Å². The van der Waals surface area contributed by atoms with Crippen LogP contribution in [0.4, 0.5) is 0 Å². The number of aromatic nitrogens is 9. The summed E-state index contributed by atoms with van der Waals surface area (Å²) >= 11 is 0. The number of carboxylic acid groups (broad SMARTS) is 1. The number of aromatic carboxylic acids is 1. The summed E-state index contributed by atoms with van der Waals surface area (Å²) in [5, 5.41) is 27.8. The van der Waals surface area contributed by atoms with Gasteiger partial charge in [-0.3, -0.25) is 0 Å². The summed E-state index contributed by atoms with van der Waals surface area (Å²) in [4.78, 5) is 15.6. The number of nitrogens with zero attached hydrogens (tertiary/aromatic N) is 9. The van der Waals surface area contributed by atoms with Crippen molar-refractivity contribution in [3.05, 3.63) is 47.9 Å². The summed E-state index contributed by atoms with van der Waals surface area (Å²) in [6.07, 6.45) is 9.25. The Balaban J connectivity index is 1.57. The van der Waals surface area contributed by atoms with Crippen LogP contribution >= 0.6 is 0 Å². The van der Waals surface area contributed by atoms with Crippen LogP contribution in [0.3, 0.4) is 0 Å². The molecular formula is C15H13N9O2. The van der Waals surface area contributed by atoms with Crippen LogP contribution in [-0.4, -0.2) is 55.7 Å². The van der Waals surface area contributed by atoms with Gasteiger partial charge in [0.05, 0.1) is 18.4 Å². The van der Waals surface area contributed by atoms with Crippen LogP contribution < -0.4 is 0 Å². The number of rotatable bonds is 5.